The van der Waals surface area contributed by atoms with Crippen LogP contribution in [0.25, 0.3) is 0 Å². The van der Waals surface area contributed by atoms with E-state index in [0.717, 1.165) is 32.1 Å². The van der Waals surface area contributed by atoms with Crippen LogP contribution in [0.15, 0.2) is 22.3 Å². The van der Waals surface area contributed by atoms with E-state index in [1.54, 1.807) is 11.1 Å². The highest BCUT2D eigenvalue weighted by Gasteiger charge is 2.54. The second kappa shape index (κ2) is 9.09. The highest BCUT2D eigenvalue weighted by molar-refractivity contribution is 5.95. The summed E-state index contributed by atoms with van der Waals surface area (Å²) in [6.07, 6.45) is 11.4. The van der Waals surface area contributed by atoms with E-state index in [1.807, 2.05) is 20.8 Å². The topological polar surface area (TPSA) is 63.7 Å². The molecule has 5 nitrogen and oxygen atoms in total. The Morgan fingerprint density at radius 1 is 0.811 bits per heavy atom. The minimum Gasteiger partial charge on any atom is -0.443 e. The molecule has 6 rings (SSSR count). The molecule has 0 N–H and O–H groups in total. The van der Waals surface area contributed by atoms with E-state index in [1.165, 1.54) is 48.2 Å². The fourth-order valence-corrected chi connectivity index (χ4v) is 8.77. The standard InChI is InChI=1S/C18H27NO3.C14H20O/c1-17(2,3)22-16(21)19-13(20)10-12-9-11-7-6-8-18(4,5)14(11)15(12)19;1-14(2)5-3-4-9-6-10-7-11(15)8-12(10)13(9)14/h12,15H,6-10H2,1-5H3;10,12H,3-8H2,1-2H3. The Balaban J connectivity index is 0.000000162. The lowest BCUT2D eigenvalue weighted by atomic mass is 9.70. The monoisotopic (exact) mass is 509 g/mol. The van der Waals surface area contributed by atoms with E-state index in [4.69, 9.17) is 4.74 Å². The van der Waals surface area contributed by atoms with Crippen molar-refractivity contribution >= 4 is 17.8 Å². The summed E-state index contributed by atoms with van der Waals surface area (Å²) in [6.45, 7) is 14.8. The highest BCUT2D eigenvalue weighted by atomic mass is 16.6. The fourth-order valence-electron chi connectivity index (χ4n) is 8.77. The molecule has 1 aliphatic heterocycles. The molecule has 4 unspecified atom stereocenters. The van der Waals surface area contributed by atoms with Crippen LogP contribution in [0.4, 0.5) is 4.79 Å². The van der Waals surface area contributed by atoms with Gasteiger partial charge in [0.25, 0.3) is 0 Å². The van der Waals surface area contributed by atoms with Gasteiger partial charge in [-0.15, -0.1) is 0 Å². The third-order valence-corrected chi connectivity index (χ3v) is 9.99. The number of carbonyl (C=O) groups excluding carboxylic acids is 3. The number of fused-ring (bicyclic) bond motifs is 4. The molecule has 2 fully saturated rings. The van der Waals surface area contributed by atoms with E-state index < -0.39 is 11.7 Å². The summed E-state index contributed by atoms with van der Waals surface area (Å²) in [7, 11) is 0. The van der Waals surface area contributed by atoms with Crippen molar-refractivity contribution in [2.75, 3.05) is 0 Å². The molecule has 0 aromatic rings. The van der Waals surface area contributed by atoms with Gasteiger partial charge in [-0.25, -0.2) is 9.69 Å². The number of carbonyl (C=O) groups is 3. The van der Waals surface area contributed by atoms with Crippen molar-refractivity contribution < 1.29 is 19.1 Å². The Labute approximate surface area is 223 Å². The maximum absolute atomic E-state index is 12.6. The molecule has 0 bridgehead atoms. The Bertz CT molecular complexity index is 1070. The van der Waals surface area contributed by atoms with Crippen LogP contribution in [0, 0.1) is 28.6 Å². The van der Waals surface area contributed by atoms with Gasteiger partial charge in [-0.3, -0.25) is 9.59 Å². The molecule has 0 spiro atoms. The number of amides is 2. The number of likely N-dealkylation sites (tertiary alicyclic amines) is 1. The second-order valence-corrected chi connectivity index (χ2v) is 14.9. The molecular formula is C32H47NO4. The molecule has 204 valence electrons. The Morgan fingerprint density at radius 2 is 1.38 bits per heavy atom. The lowest BCUT2D eigenvalue weighted by Gasteiger charge is -2.38. The first-order valence-electron chi connectivity index (χ1n) is 14.7. The number of imide groups is 1. The number of hydrogen-bond acceptors (Lipinski definition) is 4. The van der Waals surface area contributed by atoms with Gasteiger partial charge in [0.05, 0.1) is 6.04 Å². The van der Waals surface area contributed by atoms with Crippen LogP contribution in [0.5, 0.6) is 0 Å². The Morgan fingerprint density at radius 3 is 2.00 bits per heavy atom. The van der Waals surface area contributed by atoms with Crippen LogP contribution in [-0.4, -0.2) is 34.3 Å². The van der Waals surface area contributed by atoms with Gasteiger partial charge in [0.15, 0.2) is 0 Å². The second-order valence-electron chi connectivity index (χ2n) is 14.9. The zero-order chi connectivity index (χ0) is 26.9. The molecule has 5 aliphatic carbocycles. The number of ketones is 1. The SMILES string of the molecule is CC(C)(C)OC(=O)N1C(=O)CC2CC3=C(C21)C(C)(C)CCC3.CC1(C)CCCC2=C1C1CC(=O)CC1C2. The first kappa shape index (κ1) is 26.7. The van der Waals surface area contributed by atoms with E-state index in [2.05, 4.69) is 27.7 Å². The lowest BCUT2D eigenvalue weighted by Crippen LogP contribution is -2.45. The minimum absolute atomic E-state index is 0.0624. The molecule has 1 saturated heterocycles. The largest absolute Gasteiger partial charge is 0.443 e. The Hall–Kier alpha value is -1.91. The number of Topliss-reactive ketones (excluding diaryl/α,β-unsaturated/α-hetero) is 1. The lowest BCUT2D eigenvalue weighted by molar-refractivity contribution is -0.128. The first-order chi connectivity index (χ1) is 17.2. The number of nitrogens with zero attached hydrogens (tertiary/aromatic N) is 1. The normalized spacial score (nSPS) is 33.5. The summed E-state index contributed by atoms with van der Waals surface area (Å²) >= 11 is 0. The molecule has 0 aromatic carbocycles. The van der Waals surface area contributed by atoms with Crippen LogP contribution < -0.4 is 0 Å². The van der Waals surface area contributed by atoms with Crippen molar-refractivity contribution in [3.05, 3.63) is 22.3 Å². The van der Waals surface area contributed by atoms with Crippen LogP contribution >= 0.6 is 0 Å². The molecule has 0 radical (unpaired) electrons. The highest BCUT2D eigenvalue weighted by Crippen LogP contribution is 2.57. The summed E-state index contributed by atoms with van der Waals surface area (Å²) < 4.78 is 5.49. The van der Waals surface area contributed by atoms with E-state index in [-0.39, 0.29) is 23.3 Å². The predicted molar refractivity (Wildman–Crippen MR) is 145 cm³/mol. The van der Waals surface area contributed by atoms with Crippen LogP contribution in [0.3, 0.4) is 0 Å². The van der Waals surface area contributed by atoms with Crippen molar-refractivity contribution in [2.45, 2.75) is 131 Å². The summed E-state index contributed by atoms with van der Waals surface area (Å²) in [5.41, 5.74) is 6.16. The van der Waals surface area contributed by atoms with Gasteiger partial charge in [-0.05, 0) is 106 Å². The molecule has 6 aliphatic rings. The first-order valence-corrected chi connectivity index (χ1v) is 14.7. The van der Waals surface area contributed by atoms with Crippen molar-refractivity contribution in [1.82, 2.24) is 4.90 Å². The molecule has 37 heavy (non-hydrogen) atoms. The maximum Gasteiger partial charge on any atom is 0.417 e. The van der Waals surface area contributed by atoms with Gasteiger partial charge < -0.3 is 4.74 Å². The third-order valence-electron chi connectivity index (χ3n) is 9.99. The predicted octanol–water partition coefficient (Wildman–Crippen LogP) is 7.54. The summed E-state index contributed by atoms with van der Waals surface area (Å²) in [5, 5.41) is 0. The van der Waals surface area contributed by atoms with E-state index >= 15 is 0 Å². The Kier molecular flexibility index (Phi) is 6.55. The van der Waals surface area contributed by atoms with Crippen molar-refractivity contribution in [3.63, 3.8) is 0 Å². The van der Waals surface area contributed by atoms with Gasteiger partial charge in [0, 0.05) is 19.3 Å². The quantitative estimate of drug-likeness (QED) is 0.316. The van der Waals surface area contributed by atoms with Crippen molar-refractivity contribution in [1.29, 1.82) is 0 Å². The van der Waals surface area contributed by atoms with Crippen LogP contribution in [0.2, 0.25) is 0 Å². The van der Waals surface area contributed by atoms with Gasteiger partial charge in [-0.2, -0.15) is 0 Å². The van der Waals surface area contributed by atoms with E-state index in [0.29, 0.717) is 29.5 Å². The summed E-state index contributed by atoms with van der Waals surface area (Å²) in [5.74, 6) is 2.04. The summed E-state index contributed by atoms with van der Waals surface area (Å²) in [4.78, 5) is 37.9. The molecule has 4 atom stereocenters. The number of ether oxygens (including phenoxy) is 1. The molecule has 1 heterocycles. The van der Waals surface area contributed by atoms with Crippen LogP contribution in [-0.2, 0) is 14.3 Å². The number of allylic oxidation sites excluding steroid dienone is 3. The fraction of sp³-hybridized carbons (Fsp3) is 0.781. The third kappa shape index (κ3) is 4.85. The van der Waals surface area contributed by atoms with Gasteiger partial charge in [0.1, 0.15) is 11.4 Å². The average Bonchev–Trinajstić information content (AvgIpc) is 3.43. The molecule has 0 aromatic heterocycles. The summed E-state index contributed by atoms with van der Waals surface area (Å²) in [6, 6.07) is -0.0624. The van der Waals surface area contributed by atoms with Crippen molar-refractivity contribution in [3.8, 4) is 0 Å². The smallest absolute Gasteiger partial charge is 0.417 e. The van der Waals surface area contributed by atoms with Gasteiger partial charge in [-0.1, -0.05) is 44.4 Å². The molecule has 2 amide bonds. The van der Waals surface area contributed by atoms with Crippen LogP contribution in [0.1, 0.15) is 119 Å². The van der Waals surface area contributed by atoms with Gasteiger partial charge in [0.2, 0.25) is 5.91 Å². The number of rotatable bonds is 0. The zero-order valence-electron chi connectivity index (χ0n) is 24.2. The molecule has 1 saturated carbocycles. The molecular weight excluding hydrogens is 462 g/mol. The zero-order valence-corrected chi connectivity index (χ0v) is 24.2. The van der Waals surface area contributed by atoms with E-state index in [9.17, 15) is 14.4 Å². The van der Waals surface area contributed by atoms with Crippen molar-refractivity contribution in [2.24, 2.45) is 28.6 Å². The molecule has 5 heteroatoms. The number of hydrogen-bond donors (Lipinski definition) is 0. The van der Waals surface area contributed by atoms with Gasteiger partial charge >= 0.3 is 6.09 Å². The minimum atomic E-state index is -0.576. The maximum atomic E-state index is 12.6. The average molecular weight is 510 g/mol.